The first-order chi connectivity index (χ1) is 6.86. The molecule has 1 aliphatic carbocycles. The minimum Gasteiger partial charge on any atom is -0.387 e. The second-order valence-corrected chi connectivity index (χ2v) is 4.21. The number of nitrogens with one attached hydrogen (secondary N) is 1. The van der Waals surface area contributed by atoms with Gasteiger partial charge in [0.05, 0.1) is 11.8 Å². The highest BCUT2D eigenvalue weighted by atomic mass is 16.3. The Morgan fingerprint density at radius 3 is 3.36 bits per heavy atom. The SMILES string of the molecule is OC1C[C@@H]2CCN[C@@H]2c2cccnc21. The van der Waals surface area contributed by atoms with Crippen LogP contribution in [0.25, 0.3) is 0 Å². The summed E-state index contributed by atoms with van der Waals surface area (Å²) in [6.07, 6.45) is 3.45. The summed E-state index contributed by atoms with van der Waals surface area (Å²) < 4.78 is 0. The van der Waals surface area contributed by atoms with Crippen molar-refractivity contribution in [2.24, 2.45) is 5.92 Å². The zero-order chi connectivity index (χ0) is 9.54. The maximum Gasteiger partial charge on any atom is 0.0966 e. The van der Waals surface area contributed by atoms with Gasteiger partial charge in [0.15, 0.2) is 0 Å². The van der Waals surface area contributed by atoms with Crippen LogP contribution in [0, 0.1) is 5.92 Å². The second-order valence-electron chi connectivity index (χ2n) is 4.21. The number of aromatic nitrogens is 1. The summed E-state index contributed by atoms with van der Waals surface area (Å²) in [4.78, 5) is 4.27. The van der Waals surface area contributed by atoms with Crippen molar-refractivity contribution in [1.29, 1.82) is 0 Å². The highest BCUT2D eigenvalue weighted by Gasteiger charge is 2.37. The summed E-state index contributed by atoms with van der Waals surface area (Å²) in [6, 6.07) is 4.47. The predicted octanol–water partition coefficient (Wildman–Crippen LogP) is 1.17. The minimum absolute atomic E-state index is 0.354. The number of fused-ring (bicyclic) bond motifs is 3. The van der Waals surface area contributed by atoms with E-state index in [9.17, 15) is 5.11 Å². The third-order valence-electron chi connectivity index (χ3n) is 3.40. The van der Waals surface area contributed by atoms with Crippen molar-refractivity contribution in [3.8, 4) is 0 Å². The highest BCUT2D eigenvalue weighted by Crippen LogP contribution is 2.42. The lowest BCUT2D eigenvalue weighted by Crippen LogP contribution is -2.26. The van der Waals surface area contributed by atoms with Gasteiger partial charge in [-0.05, 0) is 36.9 Å². The molecule has 0 spiro atoms. The fraction of sp³-hybridized carbons (Fsp3) is 0.545. The summed E-state index contributed by atoms with van der Waals surface area (Å²) >= 11 is 0. The molecule has 0 aromatic carbocycles. The maximum absolute atomic E-state index is 9.92. The van der Waals surface area contributed by atoms with Crippen molar-refractivity contribution in [2.45, 2.75) is 25.0 Å². The van der Waals surface area contributed by atoms with Gasteiger partial charge in [-0.3, -0.25) is 4.98 Å². The van der Waals surface area contributed by atoms with Gasteiger partial charge < -0.3 is 10.4 Å². The largest absolute Gasteiger partial charge is 0.387 e. The smallest absolute Gasteiger partial charge is 0.0966 e. The van der Waals surface area contributed by atoms with Gasteiger partial charge in [-0.2, -0.15) is 0 Å². The van der Waals surface area contributed by atoms with Crippen LogP contribution in [0.4, 0.5) is 0 Å². The van der Waals surface area contributed by atoms with Crippen LogP contribution < -0.4 is 5.32 Å². The molecule has 14 heavy (non-hydrogen) atoms. The van der Waals surface area contributed by atoms with E-state index in [1.807, 2.05) is 6.07 Å². The molecule has 0 saturated carbocycles. The molecular formula is C11H14N2O. The summed E-state index contributed by atoms with van der Waals surface area (Å²) in [6.45, 7) is 1.07. The van der Waals surface area contributed by atoms with Crippen LogP contribution in [0.2, 0.25) is 0 Å². The van der Waals surface area contributed by atoms with Gasteiger partial charge in [-0.1, -0.05) is 6.07 Å². The molecule has 3 rings (SSSR count). The highest BCUT2D eigenvalue weighted by molar-refractivity contribution is 5.30. The van der Waals surface area contributed by atoms with Crippen LogP contribution in [-0.2, 0) is 0 Å². The van der Waals surface area contributed by atoms with Crippen LogP contribution in [0.15, 0.2) is 18.3 Å². The average Bonchev–Trinajstić information content (AvgIpc) is 2.66. The van der Waals surface area contributed by atoms with Crippen LogP contribution >= 0.6 is 0 Å². The fourth-order valence-electron chi connectivity index (χ4n) is 2.75. The molecule has 3 atom stereocenters. The number of aliphatic hydroxyl groups excluding tert-OH is 1. The Balaban J connectivity index is 2.09. The Kier molecular flexibility index (Phi) is 1.82. The molecule has 3 nitrogen and oxygen atoms in total. The van der Waals surface area contributed by atoms with Gasteiger partial charge in [0.25, 0.3) is 0 Å². The van der Waals surface area contributed by atoms with E-state index < -0.39 is 0 Å². The van der Waals surface area contributed by atoms with Crippen LogP contribution in [0.5, 0.6) is 0 Å². The third-order valence-corrected chi connectivity index (χ3v) is 3.40. The Hall–Kier alpha value is -0.930. The summed E-state index contributed by atoms with van der Waals surface area (Å²) in [5.41, 5.74) is 2.08. The Morgan fingerprint density at radius 1 is 1.50 bits per heavy atom. The quantitative estimate of drug-likeness (QED) is 0.645. The number of rotatable bonds is 0. The lowest BCUT2D eigenvalue weighted by molar-refractivity contribution is 0.120. The van der Waals surface area contributed by atoms with E-state index in [2.05, 4.69) is 16.4 Å². The van der Waals surface area contributed by atoms with E-state index in [0.29, 0.717) is 12.0 Å². The zero-order valence-corrected chi connectivity index (χ0v) is 7.98. The predicted molar refractivity (Wildman–Crippen MR) is 52.7 cm³/mol. The first kappa shape index (κ1) is 8.38. The molecule has 1 unspecified atom stereocenters. The van der Waals surface area contributed by atoms with E-state index in [4.69, 9.17) is 0 Å². The lowest BCUT2D eigenvalue weighted by atomic mass is 9.81. The van der Waals surface area contributed by atoms with Crippen molar-refractivity contribution < 1.29 is 5.11 Å². The van der Waals surface area contributed by atoms with E-state index in [1.165, 1.54) is 12.0 Å². The molecule has 74 valence electrons. The molecular weight excluding hydrogens is 176 g/mol. The molecule has 2 aliphatic rings. The van der Waals surface area contributed by atoms with Crippen LogP contribution in [0.1, 0.15) is 36.2 Å². The Morgan fingerprint density at radius 2 is 2.43 bits per heavy atom. The van der Waals surface area contributed by atoms with Gasteiger partial charge in [0, 0.05) is 12.2 Å². The number of nitrogens with zero attached hydrogens (tertiary/aromatic N) is 1. The van der Waals surface area contributed by atoms with Gasteiger partial charge in [-0.15, -0.1) is 0 Å². The Labute approximate surface area is 83.2 Å². The fourth-order valence-corrected chi connectivity index (χ4v) is 2.75. The monoisotopic (exact) mass is 190 g/mol. The molecule has 1 saturated heterocycles. The van der Waals surface area contributed by atoms with E-state index in [0.717, 1.165) is 18.7 Å². The second kappa shape index (κ2) is 3.04. The number of aliphatic hydroxyl groups is 1. The molecule has 1 aromatic rings. The number of pyridine rings is 1. The van der Waals surface area contributed by atoms with Gasteiger partial charge >= 0.3 is 0 Å². The molecule has 0 amide bonds. The number of hydrogen-bond acceptors (Lipinski definition) is 3. The van der Waals surface area contributed by atoms with E-state index >= 15 is 0 Å². The Bertz CT molecular complexity index is 353. The van der Waals surface area contributed by atoms with E-state index in [-0.39, 0.29) is 6.10 Å². The van der Waals surface area contributed by atoms with Crippen molar-refractivity contribution in [3.63, 3.8) is 0 Å². The van der Waals surface area contributed by atoms with E-state index in [1.54, 1.807) is 6.20 Å². The van der Waals surface area contributed by atoms with Crippen LogP contribution in [0.3, 0.4) is 0 Å². The zero-order valence-electron chi connectivity index (χ0n) is 7.98. The number of hydrogen-bond donors (Lipinski definition) is 2. The summed E-state index contributed by atoms with van der Waals surface area (Å²) in [7, 11) is 0. The van der Waals surface area contributed by atoms with Crippen LogP contribution in [-0.4, -0.2) is 16.6 Å². The topological polar surface area (TPSA) is 45.1 Å². The summed E-state index contributed by atoms with van der Waals surface area (Å²) in [5, 5.41) is 13.4. The third kappa shape index (κ3) is 1.09. The average molecular weight is 190 g/mol. The lowest BCUT2D eigenvalue weighted by Gasteiger charge is -2.30. The molecule has 0 radical (unpaired) electrons. The van der Waals surface area contributed by atoms with Crippen molar-refractivity contribution >= 4 is 0 Å². The first-order valence-electron chi connectivity index (χ1n) is 5.22. The first-order valence-corrected chi connectivity index (χ1v) is 5.22. The van der Waals surface area contributed by atoms with Crippen molar-refractivity contribution in [1.82, 2.24) is 10.3 Å². The molecule has 2 heterocycles. The molecule has 3 heteroatoms. The van der Waals surface area contributed by atoms with Crippen molar-refractivity contribution in [2.75, 3.05) is 6.54 Å². The summed E-state index contributed by atoms with van der Waals surface area (Å²) in [5.74, 6) is 0.599. The standard InChI is InChI=1S/C11H14N2O/c14-9-6-7-3-5-13-10(7)8-2-1-4-12-11(8)9/h1-2,4,7,9-10,13-14H,3,5-6H2/t7-,9?,10-/m0/s1. The van der Waals surface area contributed by atoms with Crippen molar-refractivity contribution in [3.05, 3.63) is 29.6 Å². The molecule has 2 N–H and O–H groups in total. The molecule has 1 fully saturated rings. The van der Waals surface area contributed by atoms with Gasteiger partial charge in [0.2, 0.25) is 0 Å². The maximum atomic E-state index is 9.92. The van der Waals surface area contributed by atoms with Gasteiger partial charge in [0.1, 0.15) is 0 Å². The molecule has 1 aliphatic heterocycles. The normalized spacial score (nSPS) is 35.1. The molecule has 1 aromatic heterocycles. The molecule has 0 bridgehead atoms. The van der Waals surface area contributed by atoms with Gasteiger partial charge in [-0.25, -0.2) is 0 Å². The minimum atomic E-state index is -0.354.